The standard InChI is InChI=1S/C17H17N5/c18-13-4-1-10(7-15(13)20)12-3-6-17(22-9-12)11-2-5-14(19)16(21)8-11/h1-9H,18-21H2. The highest BCUT2D eigenvalue weighted by molar-refractivity contribution is 5.76. The van der Waals surface area contributed by atoms with Crippen molar-refractivity contribution in [3.8, 4) is 22.4 Å². The molecule has 0 unspecified atom stereocenters. The molecular weight excluding hydrogens is 274 g/mol. The van der Waals surface area contributed by atoms with Crippen LogP contribution in [0.2, 0.25) is 0 Å². The van der Waals surface area contributed by atoms with Crippen molar-refractivity contribution in [2.45, 2.75) is 0 Å². The number of rotatable bonds is 2. The van der Waals surface area contributed by atoms with Gasteiger partial charge in [0.1, 0.15) is 0 Å². The summed E-state index contributed by atoms with van der Waals surface area (Å²) in [7, 11) is 0. The second-order valence-corrected chi connectivity index (χ2v) is 5.12. The molecule has 1 aromatic heterocycles. The predicted molar refractivity (Wildman–Crippen MR) is 92.8 cm³/mol. The van der Waals surface area contributed by atoms with Crippen molar-refractivity contribution in [1.82, 2.24) is 4.98 Å². The molecule has 0 amide bonds. The quantitative estimate of drug-likeness (QED) is 0.541. The van der Waals surface area contributed by atoms with Crippen LogP contribution >= 0.6 is 0 Å². The van der Waals surface area contributed by atoms with E-state index in [4.69, 9.17) is 22.9 Å². The van der Waals surface area contributed by atoms with E-state index in [2.05, 4.69) is 4.98 Å². The fraction of sp³-hybridized carbons (Fsp3) is 0. The third-order valence-electron chi connectivity index (χ3n) is 3.57. The van der Waals surface area contributed by atoms with E-state index < -0.39 is 0 Å². The van der Waals surface area contributed by atoms with Gasteiger partial charge < -0.3 is 22.9 Å². The minimum absolute atomic E-state index is 0.551. The molecule has 0 bridgehead atoms. The monoisotopic (exact) mass is 291 g/mol. The molecule has 5 nitrogen and oxygen atoms in total. The fourth-order valence-electron chi connectivity index (χ4n) is 2.22. The average molecular weight is 291 g/mol. The molecule has 0 aliphatic rings. The van der Waals surface area contributed by atoms with Crippen molar-refractivity contribution in [3.63, 3.8) is 0 Å². The van der Waals surface area contributed by atoms with Crippen LogP contribution in [-0.2, 0) is 0 Å². The molecule has 0 aliphatic heterocycles. The lowest BCUT2D eigenvalue weighted by Crippen LogP contribution is -1.95. The highest BCUT2D eigenvalue weighted by Gasteiger charge is 2.05. The summed E-state index contributed by atoms with van der Waals surface area (Å²) in [5.74, 6) is 0. The molecule has 5 heteroatoms. The summed E-state index contributed by atoms with van der Waals surface area (Å²) in [4.78, 5) is 4.48. The van der Waals surface area contributed by atoms with Gasteiger partial charge in [-0.25, -0.2) is 0 Å². The lowest BCUT2D eigenvalue weighted by Gasteiger charge is -2.07. The van der Waals surface area contributed by atoms with Gasteiger partial charge in [-0.05, 0) is 35.9 Å². The highest BCUT2D eigenvalue weighted by atomic mass is 14.7. The van der Waals surface area contributed by atoms with Gasteiger partial charge in [0.2, 0.25) is 0 Å². The van der Waals surface area contributed by atoms with Gasteiger partial charge in [0.25, 0.3) is 0 Å². The van der Waals surface area contributed by atoms with E-state index in [1.807, 2.05) is 36.4 Å². The van der Waals surface area contributed by atoms with Crippen molar-refractivity contribution < 1.29 is 0 Å². The van der Waals surface area contributed by atoms with E-state index in [0.717, 1.165) is 22.4 Å². The molecule has 0 aliphatic carbocycles. The topological polar surface area (TPSA) is 117 Å². The van der Waals surface area contributed by atoms with E-state index in [0.29, 0.717) is 22.7 Å². The first-order valence-electron chi connectivity index (χ1n) is 6.81. The number of pyridine rings is 1. The summed E-state index contributed by atoms with van der Waals surface area (Å²) < 4.78 is 0. The molecule has 8 N–H and O–H groups in total. The molecule has 1 heterocycles. The lowest BCUT2D eigenvalue weighted by molar-refractivity contribution is 1.33. The Morgan fingerprint density at radius 2 is 1.09 bits per heavy atom. The first-order valence-corrected chi connectivity index (χ1v) is 6.81. The van der Waals surface area contributed by atoms with Crippen molar-refractivity contribution in [3.05, 3.63) is 54.7 Å². The van der Waals surface area contributed by atoms with Crippen LogP contribution in [0.25, 0.3) is 22.4 Å². The Kier molecular flexibility index (Phi) is 3.31. The van der Waals surface area contributed by atoms with Crippen molar-refractivity contribution in [2.75, 3.05) is 22.9 Å². The molecule has 110 valence electrons. The normalized spacial score (nSPS) is 10.5. The van der Waals surface area contributed by atoms with Crippen molar-refractivity contribution in [1.29, 1.82) is 0 Å². The molecule has 22 heavy (non-hydrogen) atoms. The molecule has 3 rings (SSSR count). The Morgan fingerprint density at radius 1 is 0.545 bits per heavy atom. The van der Waals surface area contributed by atoms with E-state index in [1.54, 1.807) is 18.3 Å². The van der Waals surface area contributed by atoms with Crippen LogP contribution in [0.15, 0.2) is 54.7 Å². The molecule has 0 saturated heterocycles. The molecule has 0 atom stereocenters. The van der Waals surface area contributed by atoms with Crippen molar-refractivity contribution in [2.24, 2.45) is 0 Å². The second-order valence-electron chi connectivity index (χ2n) is 5.12. The Bertz CT molecular complexity index is 754. The summed E-state index contributed by atoms with van der Waals surface area (Å²) in [6.45, 7) is 0. The third-order valence-corrected chi connectivity index (χ3v) is 3.57. The number of hydrogen-bond acceptors (Lipinski definition) is 5. The summed E-state index contributed by atoms with van der Waals surface area (Å²) in [5.41, 5.74) is 29.1. The molecule has 3 aromatic rings. The Morgan fingerprint density at radius 3 is 1.64 bits per heavy atom. The minimum atomic E-state index is 0.551. The van der Waals surface area contributed by atoms with Gasteiger partial charge in [0.05, 0.1) is 28.4 Å². The Hall–Kier alpha value is -3.21. The van der Waals surface area contributed by atoms with Crippen LogP contribution in [0.4, 0.5) is 22.7 Å². The zero-order chi connectivity index (χ0) is 15.7. The van der Waals surface area contributed by atoms with E-state index >= 15 is 0 Å². The SMILES string of the molecule is Nc1ccc(-c2ccc(-c3ccc(N)c(N)c3)nc2)cc1N. The zero-order valence-electron chi connectivity index (χ0n) is 12.0. The molecule has 0 fully saturated rings. The second kappa shape index (κ2) is 5.29. The van der Waals surface area contributed by atoms with Gasteiger partial charge in [0, 0.05) is 17.3 Å². The third kappa shape index (κ3) is 2.52. The van der Waals surface area contributed by atoms with E-state index in [9.17, 15) is 0 Å². The van der Waals surface area contributed by atoms with E-state index in [1.165, 1.54) is 0 Å². The number of anilines is 4. The van der Waals surface area contributed by atoms with Gasteiger partial charge in [-0.15, -0.1) is 0 Å². The van der Waals surface area contributed by atoms with Gasteiger partial charge in [-0.2, -0.15) is 0 Å². The number of nitrogen functional groups attached to an aromatic ring is 4. The molecular formula is C17H17N5. The summed E-state index contributed by atoms with van der Waals surface area (Å²) in [6.07, 6.45) is 1.80. The highest BCUT2D eigenvalue weighted by Crippen LogP contribution is 2.28. The molecule has 0 radical (unpaired) electrons. The summed E-state index contributed by atoms with van der Waals surface area (Å²) in [5, 5.41) is 0. The lowest BCUT2D eigenvalue weighted by atomic mass is 10.0. The minimum Gasteiger partial charge on any atom is -0.397 e. The van der Waals surface area contributed by atoms with Crippen LogP contribution in [0.5, 0.6) is 0 Å². The fourth-order valence-corrected chi connectivity index (χ4v) is 2.22. The number of aromatic nitrogens is 1. The smallest absolute Gasteiger partial charge is 0.0703 e. The number of nitrogens with two attached hydrogens (primary N) is 4. The van der Waals surface area contributed by atoms with Gasteiger partial charge >= 0.3 is 0 Å². The average Bonchev–Trinajstić information content (AvgIpc) is 2.53. The maximum Gasteiger partial charge on any atom is 0.0703 e. The summed E-state index contributed by atoms with van der Waals surface area (Å²) >= 11 is 0. The maximum atomic E-state index is 5.84. The zero-order valence-corrected chi connectivity index (χ0v) is 12.0. The summed E-state index contributed by atoms with van der Waals surface area (Å²) in [6, 6.07) is 15.0. The first-order chi connectivity index (χ1) is 10.5. The van der Waals surface area contributed by atoms with Gasteiger partial charge in [-0.3, -0.25) is 4.98 Å². The molecule has 2 aromatic carbocycles. The van der Waals surface area contributed by atoms with Crippen LogP contribution in [0, 0.1) is 0 Å². The molecule has 0 saturated carbocycles. The van der Waals surface area contributed by atoms with Crippen LogP contribution in [0.1, 0.15) is 0 Å². The van der Waals surface area contributed by atoms with Gasteiger partial charge in [0.15, 0.2) is 0 Å². The van der Waals surface area contributed by atoms with Gasteiger partial charge in [-0.1, -0.05) is 18.2 Å². The molecule has 0 spiro atoms. The predicted octanol–water partition coefficient (Wildman–Crippen LogP) is 2.74. The van der Waals surface area contributed by atoms with Crippen LogP contribution in [0.3, 0.4) is 0 Å². The maximum absolute atomic E-state index is 5.84. The number of hydrogen-bond donors (Lipinski definition) is 4. The van der Waals surface area contributed by atoms with E-state index in [-0.39, 0.29) is 0 Å². The van der Waals surface area contributed by atoms with Crippen LogP contribution < -0.4 is 22.9 Å². The number of benzene rings is 2. The largest absolute Gasteiger partial charge is 0.397 e. The van der Waals surface area contributed by atoms with Crippen LogP contribution in [-0.4, -0.2) is 4.98 Å². The number of nitrogens with zero attached hydrogens (tertiary/aromatic N) is 1. The first kappa shape index (κ1) is 13.8. The Balaban J connectivity index is 1.95. The Labute approximate surface area is 128 Å². The van der Waals surface area contributed by atoms with Crippen molar-refractivity contribution >= 4 is 22.7 Å².